The molecule has 1 fully saturated rings. The fourth-order valence-corrected chi connectivity index (χ4v) is 6.61. The first kappa shape index (κ1) is 26.0. The number of carbonyl (C=O) groups excluding carboxylic acids is 1. The summed E-state index contributed by atoms with van der Waals surface area (Å²) in [5.41, 5.74) is 0.250. The number of halogens is 1. The molecule has 0 radical (unpaired) electrons. The lowest BCUT2D eigenvalue weighted by Crippen LogP contribution is -2.28. The number of benzene rings is 3. The number of rotatable bonds is 8. The average molecular weight is 550 g/mol. The number of carbonyl (C=O) groups is 1. The number of ether oxygens (including phenoxy) is 1. The zero-order valence-electron chi connectivity index (χ0n) is 19.3. The topological polar surface area (TPSA) is 122 Å². The monoisotopic (exact) mass is 549 g/mol. The van der Waals surface area contributed by atoms with Crippen molar-refractivity contribution in [2.75, 3.05) is 30.2 Å². The van der Waals surface area contributed by atoms with Gasteiger partial charge in [0.15, 0.2) is 0 Å². The minimum Gasteiger partial charge on any atom is -0.495 e. The third kappa shape index (κ3) is 5.49. The molecule has 0 aromatic heterocycles. The first-order valence-corrected chi connectivity index (χ1v) is 14.3. The van der Waals surface area contributed by atoms with Gasteiger partial charge < -0.3 is 10.1 Å². The fraction of sp³-hybridized carbons (Fsp3) is 0.208. The maximum Gasteiger partial charge on any atom is 0.261 e. The molecular formula is C24H24ClN3O6S2. The van der Waals surface area contributed by atoms with Crippen molar-refractivity contribution >= 4 is 48.9 Å². The first-order valence-electron chi connectivity index (χ1n) is 11.0. The second-order valence-corrected chi connectivity index (χ2v) is 12.1. The van der Waals surface area contributed by atoms with Gasteiger partial charge in [-0.2, -0.15) is 4.31 Å². The summed E-state index contributed by atoms with van der Waals surface area (Å²) in [5, 5.41) is 2.71. The predicted molar refractivity (Wildman–Crippen MR) is 138 cm³/mol. The SMILES string of the molecule is COc1ccc(S(=O)(=O)N2CCCC2)cc1NC(=O)c1cc(NS(=O)(=O)c2ccccc2)ccc1Cl. The van der Waals surface area contributed by atoms with Gasteiger partial charge in [0.2, 0.25) is 10.0 Å². The highest BCUT2D eigenvalue weighted by atomic mass is 35.5. The van der Waals surface area contributed by atoms with Crippen molar-refractivity contribution in [1.29, 1.82) is 0 Å². The van der Waals surface area contributed by atoms with E-state index >= 15 is 0 Å². The number of sulfonamides is 2. The molecule has 0 saturated carbocycles. The van der Waals surface area contributed by atoms with Crippen molar-refractivity contribution in [2.45, 2.75) is 22.6 Å². The Morgan fingerprint density at radius 1 is 0.917 bits per heavy atom. The molecule has 4 rings (SSSR count). The van der Waals surface area contributed by atoms with E-state index in [-0.39, 0.29) is 37.5 Å². The molecule has 1 aliphatic rings. The van der Waals surface area contributed by atoms with E-state index in [2.05, 4.69) is 10.0 Å². The summed E-state index contributed by atoms with van der Waals surface area (Å²) < 4.78 is 60.4. The maximum absolute atomic E-state index is 13.1. The van der Waals surface area contributed by atoms with Crippen LogP contribution >= 0.6 is 11.6 Å². The van der Waals surface area contributed by atoms with Gasteiger partial charge in [-0.25, -0.2) is 16.8 Å². The summed E-state index contributed by atoms with van der Waals surface area (Å²) in [6.07, 6.45) is 1.59. The Hall–Kier alpha value is -3.12. The summed E-state index contributed by atoms with van der Waals surface area (Å²) in [6.45, 7) is 0.884. The highest BCUT2D eigenvalue weighted by Crippen LogP contribution is 2.31. The van der Waals surface area contributed by atoms with Crippen LogP contribution in [0.4, 0.5) is 11.4 Å². The highest BCUT2D eigenvalue weighted by Gasteiger charge is 2.28. The van der Waals surface area contributed by atoms with Crippen molar-refractivity contribution in [3.05, 3.63) is 77.3 Å². The van der Waals surface area contributed by atoms with Gasteiger partial charge in [0.25, 0.3) is 15.9 Å². The third-order valence-electron chi connectivity index (χ3n) is 5.64. The molecule has 1 saturated heterocycles. The van der Waals surface area contributed by atoms with Gasteiger partial charge in [0.05, 0.1) is 33.2 Å². The molecule has 0 aliphatic carbocycles. The lowest BCUT2D eigenvalue weighted by Gasteiger charge is -2.18. The Labute approximate surface area is 215 Å². The number of hydrogen-bond donors (Lipinski definition) is 2. The number of amides is 1. The molecule has 0 unspecified atom stereocenters. The van der Waals surface area contributed by atoms with E-state index < -0.39 is 26.0 Å². The van der Waals surface area contributed by atoms with E-state index in [9.17, 15) is 21.6 Å². The van der Waals surface area contributed by atoms with Gasteiger partial charge >= 0.3 is 0 Å². The molecule has 3 aromatic rings. The smallest absolute Gasteiger partial charge is 0.261 e. The summed E-state index contributed by atoms with van der Waals surface area (Å²) in [4.78, 5) is 13.2. The molecule has 9 nitrogen and oxygen atoms in total. The lowest BCUT2D eigenvalue weighted by molar-refractivity contribution is 0.102. The van der Waals surface area contributed by atoms with Crippen molar-refractivity contribution in [3.8, 4) is 5.75 Å². The highest BCUT2D eigenvalue weighted by molar-refractivity contribution is 7.92. The number of nitrogens with one attached hydrogen (secondary N) is 2. The van der Waals surface area contributed by atoms with Gasteiger partial charge in [-0.15, -0.1) is 0 Å². The van der Waals surface area contributed by atoms with Gasteiger partial charge in [0, 0.05) is 18.8 Å². The predicted octanol–water partition coefficient (Wildman–Crippen LogP) is 4.19. The van der Waals surface area contributed by atoms with Crippen molar-refractivity contribution in [3.63, 3.8) is 0 Å². The van der Waals surface area contributed by atoms with Crippen LogP contribution < -0.4 is 14.8 Å². The Kier molecular flexibility index (Phi) is 7.55. The second kappa shape index (κ2) is 10.5. The van der Waals surface area contributed by atoms with Crippen LogP contribution in [0.5, 0.6) is 5.75 Å². The van der Waals surface area contributed by atoms with Crippen LogP contribution in [0.2, 0.25) is 5.02 Å². The normalized spacial score (nSPS) is 14.4. The van der Waals surface area contributed by atoms with Crippen LogP contribution in [-0.2, 0) is 20.0 Å². The van der Waals surface area contributed by atoms with Gasteiger partial charge in [-0.3, -0.25) is 9.52 Å². The standard InChI is InChI=1S/C24H24ClN3O6S2/c1-34-23-12-10-19(36(32,33)28-13-5-6-14-28)16-22(23)26-24(29)20-15-17(9-11-21(20)25)27-35(30,31)18-7-3-2-4-8-18/h2-4,7-12,15-16,27H,5-6,13-14H2,1H3,(H,26,29). The maximum atomic E-state index is 13.1. The summed E-state index contributed by atoms with van der Waals surface area (Å²) in [6, 6.07) is 16.1. The molecule has 36 heavy (non-hydrogen) atoms. The summed E-state index contributed by atoms with van der Waals surface area (Å²) in [5.74, 6) is -0.421. The zero-order valence-corrected chi connectivity index (χ0v) is 21.7. The molecule has 2 N–H and O–H groups in total. The molecule has 0 spiro atoms. The third-order valence-corrected chi connectivity index (χ3v) is 9.26. The van der Waals surface area contributed by atoms with Crippen LogP contribution in [0.15, 0.2) is 76.5 Å². The van der Waals surface area contributed by atoms with E-state index in [1.54, 1.807) is 18.2 Å². The van der Waals surface area contributed by atoms with E-state index in [0.29, 0.717) is 13.1 Å². The molecule has 0 bridgehead atoms. The largest absolute Gasteiger partial charge is 0.495 e. The van der Waals surface area contributed by atoms with Crippen LogP contribution in [-0.4, -0.2) is 47.2 Å². The molecule has 190 valence electrons. The molecule has 3 aromatic carbocycles. The Morgan fingerprint density at radius 3 is 2.28 bits per heavy atom. The van der Waals surface area contributed by atoms with Crippen molar-refractivity contribution in [1.82, 2.24) is 4.31 Å². The number of anilines is 2. The first-order chi connectivity index (χ1) is 17.1. The molecule has 1 aliphatic heterocycles. The van der Waals surface area contributed by atoms with Crippen molar-refractivity contribution < 1.29 is 26.4 Å². The van der Waals surface area contributed by atoms with Crippen LogP contribution in [0.3, 0.4) is 0 Å². The second-order valence-electron chi connectivity index (χ2n) is 8.04. The van der Waals surface area contributed by atoms with Crippen LogP contribution in [0, 0.1) is 0 Å². The minimum absolute atomic E-state index is 0.0141. The Balaban J connectivity index is 1.61. The number of nitrogens with zero attached hydrogens (tertiary/aromatic N) is 1. The van der Waals surface area contributed by atoms with Gasteiger partial charge in [-0.05, 0) is 61.4 Å². The van der Waals surface area contributed by atoms with Gasteiger partial charge in [0.1, 0.15) is 5.75 Å². The molecule has 1 heterocycles. The molecule has 12 heteroatoms. The number of hydrogen-bond acceptors (Lipinski definition) is 6. The van der Waals surface area contributed by atoms with E-state index in [1.165, 1.54) is 59.9 Å². The van der Waals surface area contributed by atoms with E-state index in [0.717, 1.165) is 12.8 Å². The molecular weight excluding hydrogens is 526 g/mol. The quantitative estimate of drug-likeness (QED) is 0.434. The minimum atomic E-state index is -3.88. The van der Waals surface area contributed by atoms with E-state index in [4.69, 9.17) is 16.3 Å². The van der Waals surface area contributed by atoms with Crippen LogP contribution in [0.25, 0.3) is 0 Å². The number of methoxy groups -OCH3 is 1. The van der Waals surface area contributed by atoms with Crippen LogP contribution in [0.1, 0.15) is 23.2 Å². The molecule has 1 amide bonds. The Bertz CT molecular complexity index is 1490. The fourth-order valence-electron chi connectivity index (χ4n) is 3.79. The Morgan fingerprint density at radius 2 is 1.61 bits per heavy atom. The average Bonchev–Trinajstić information content (AvgIpc) is 3.41. The van der Waals surface area contributed by atoms with E-state index in [1.807, 2.05) is 0 Å². The lowest BCUT2D eigenvalue weighted by atomic mass is 10.2. The summed E-state index contributed by atoms with van der Waals surface area (Å²) >= 11 is 6.24. The zero-order chi connectivity index (χ0) is 25.9. The molecule has 0 atom stereocenters. The van der Waals surface area contributed by atoms with Gasteiger partial charge in [-0.1, -0.05) is 29.8 Å². The summed E-state index contributed by atoms with van der Waals surface area (Å²) in [7, 11) is -6.21. The van der Waals surface area contributed by atoms with Crippen molar-refractivity contribution in [2.24, 2.45) is 0 Å².